The zero-order valence-corrected chi connectivity index (χ0v) is 9.20. The Morgan fingerprint density at radius 2 is 2.27 bits per heavy atom. The Labute approximate surface area is 93.5 Å². The minimum absolute atomic E-state index is 0.711. The summed E-state index contributed by atoms with van der Waals surface area (Å²) < 4.78 is 1.77. The molecule has 2 rings (SSSR count). The van der Waals surface area contributed by atoms with E-state index in [-0.39, 0.29) is 0 Å². The molecule has 0 aliphatic heterocycles. The smallest absolute Gasteiger partial charge is 0.0525 e. The quantitative estimate of drug-likeness (QED) is 0.791. The van der Waals surface area contributed by atoms with E-state index in [0.29, 0.717) is 5.02 Å². The summed E-state index contributed by atoms with van der Waals surface area (Å²) >= 11 is 5.91. The zero-order chi connectivity index (χ0) is 10.8. The van der Waals surface area contributed by atoms with E-state index >= 15 is 0 Å². The van der Waals surface area contributed by atoms with Crippen LogP contribution in [-0.2, 0) is 13.5 Å². The van der Waals surface area contributed by atoms with Crippen molar-refractivity contribution in [3.05, 3.63) is 46.7 Å². The number of rotatable bonds is 2. The molecule has 0 fully saturated rings. The molecule has 0 amide bonds. The fourth-order valence-electron chi connectivity index (χ4n) is 1.51. The lowest BCUT2D eigenvalue weighted by Crippen LogP contribution is -1.94. The number of aromatic nitrogens is 2. The number of anilines is 1. The van der Waals surface area contributed by atoms with Crippen molar-refractivity contribution >= 4 is 17.3 Å². The Morgan fingerprint density at radius 3 is 2.93 bits per heavy atom. The summed E-state index contributed by atoms with van der Waals surface area (Å²) in [7, 11) is 1.89. The van der Waals surface area contributed by atoms with E-state index in [9.17, 15) is 0 Å². The highest BCUT2D eigenvalue weighted by Gasteiger charge is 2.03. The fourth-order valence-corrected chi connectivity index (χ4v) is 1.71. The first-order valence-corrected chi connectivity index (χ1v) is 5.04. The molecule has 0 spiro atoms. The van der Waals surface area contributed by atoms with Gasteiger partial charge >= 0.3 is 0 Å². The molecule has 2 N–H and O–H groups in total. The summed E-state index contributed by atoms with van der Waals surface area (Å²) in [6.07, 6.45) is 4.57. The summed E-state index contributed by atoms with van der Waals surface area (Å²) in [6, 6.07) is 5.52. The molecule has 1 aromatic heterocycles. The molecule has 3 nitrogen and oxygen atoms in total. The molecule has 1 aromatic carbocycles. The predicted molar refractivity (Wildman–Crippen MR) is 61.9 cm³/mol. The van der Waals surface area contributed by atoms with Crippen LogP contribution in [0.15, 0.2) is 30.6 Å². The first-order valence-electron chi connectivity index (χ1n) is 4.66. The third kappa shape index (κ3) is 2.30. The van der Waals surface area contributed by atoms with E-state index in [2.05, 4.69) is 5.10 Å². The SMILES string of the molecule is Cn1cc(Cc2cc(Cl)ccc2N)cn1. The first kappa shape index (κ1) is 10.1. The van der Waals surface area contributed by atoms with Crippen LogP contribution in [0, 0.1) is 0 Å². The molecular formula is C11H12ClN3. The molecule has 15 heavy (non-hydrogen) atoms. The lowest BCUT2D eigenvalue weighted by Gasteiger charge is -2.04. The van der Waals surface area contributed by atoms with Crippen molar-refractivity contribution in [2.75, 3.05) is 5.73 Å². The van der Waals surface area contributed by atoms with Crippen molar-refractivity contribution in [2.24, 2.45) is 7.05 Å². The van der Waals surface area contributed by atoms with Gasteiger partial charge in [0.15, 0.2) is 0 Å². The van der Waals surface area contributed by atoms with Gasteiger partial charge in [-0.25, -0.2) is 0 Å². The number of benzene rings is 1. The largest absolute Gasteiger partial charge is 0.398 e. The number of nitrogens with two attached hydrogens (primary N) is 1. The average Bonchev–Trinajstić information content (AvgIpc) is 2.58. The van der Waals surface area contributed by atoms with Crippen LogP contribution in [0.4, 0.5) is 5.69 Å². The molecule has 0 saturated heterocycles. The van der Waals surface area contributed by atoms with Crippen molar-refractivity contribution in [1.82, 2.24) is 9.78 Å². The van der Waals surface area contributed by atoms with Crippen LogP contribution in [0.25, 0.3) is 0 Å². The lowest BCUT2D eigenvalue weighted by molar-refractivity contribution is 0.767. The molecular weight excluding hydrogens is 210 g/mol. The van der Waals surface area contributed by atoms with Gasteiger partial charge in [-0.2, -0.15) is 5.10 Å². The van der Waals surface area contributed by atoms with Gasteiger partial charge in [0.05, 0.1) is 6.20 Å². The van der Waals surface area contributed by atoms with Gasteiger partial charge in [0, 0.05) is 30.4 Å². The van der Waals surface area contributed by atoms with Gasteiger partial charge in [0.2, 0.25) is 0 Å². The predicted octanol–water partition coefficient (Wildman–Crippen LogP) is 2.25. The van der Waals surface area contributed by atoms with E-state index in [1.807, 2.05) is 31.6 Å². The summed E-state index contributed by atoms with van der Waals surface area (Å²) in [5.74, 6) is 0. The molecule has 0 aliphatic rings. The summed E-state index contributed by atoms with van der Waals surface area (Å²) in [5, 5.41) is 4.82. The topological polar surface area (TPSA) is 43.8 Å². The Kier molecular flexibility index (Phi) is 2.64. The van der Waals surface area contributed by atoms with Crippen LogP contribution in [0.3, 0.4) is 0 Å². The second-order valence-electron chi connectivity index (χ2n) is 3.54. The van der Waals surface area contributed by atoms with Crippen molar-refractivity contribution in [2.45, 2.75) is 6.42 Å². The van der Waals surface area contributed by atoms with Crippen LogP contribution in [-0.4, -0.2) is 9.78 Å². The highest BCUT2D eigenvalue weighted by atomic mass is 35.5. The van der Waals surface area contributed by atoms with Crippen molar-refractivity contribution in [3.63, 3.8) is 0 Å². The monoisotopic (exact) mass is 221 g/mol. The molecule has 78 valence electrons. The van der Waals surface area contributed by atoms with Gasteiger partial charge in [-0.3, -0.25) is 4.68 Å². The van der Waals surface area contributed by atoms with Crippen LogP contribution < -0.4 is 5.73 Å². The minimum atomic E-state index is 0.711. The van der Waals surface area contributed by atoms with E-state index in [4.69, 9.17) is 17.3 Å². The highest BCUT2D eigenvalue weighted by molar-refractivity contribution is 6.30. The van der Waals surface area contributed by atoms with E-state index in [1.165, 1.54) is 0 Å². The summed E-state index contributed by atoms with van der Waals surface area (Å²) in [5.41, 5.74) is 8.79. The van der Waals surface area contributed by atoms with Crippen LogP contribution in [0.1, 0.15) is 11.1 Å². The lowest BCUT2D eigenvalue weighted by atomic mass is 10.1. The summed E-state index contributed by atoms with van der Waals surface area (Å²) in [4.78, 5) is 0. The fraction of sp³-hybridized carbons (Fsp3) is 0.182. The highest BCUT2D eigenvalue weighted by Crippen LogP contribution is 2.20. The maximum atomic E-state index is 5.91. The van der Waals surface area contributed by atoms with Gasteiger partial charge < -0.3 is 5.73 Å². The maximum absolute atomic E-state index is 5.91. The number of nitrogen functional groups attached to an aromatic ring is 1. The molecule has 0 radical (unpaired) electrons. The number of nitrogens with zero attached hydrogens (tertiary/aromatic N) is 2. The standard InChI is InChI=1S/C11H12ClN3/c1-15-7-8(6-14-15)4-9-5-10(12)2-3-11(9)13/h2-3,5-7H,4,13H2,1H3. The molecule has 0 bridgehead atoms. The number of aryl methyl sites for hydroxylation is 1. The molecule has 2 aromatic rings. The molecule has 0 aliphatic carbocycles. The third-order valence-electron chi connectivity index (χ3n) is 2.26. The van der Waals surface area contributed by atoms with Gasteiger partial charge in [0.1, 0.15) is 0 Å². The van der Waals surface area contributed by atoms with Crippen LogP contribution in [0.2, 0.25) is 5.02 Å². The van der Waals surface area contributed by atoms with Gasteiger partial charge in [0.25, 0.3) is 0 Å². The van der Waals surface area contributed by atoms with Crippen LogP contribution >= 0.6 is 11.6 Å². The first-order chi connectivity index (χ1) is 7.15. The Bertz CT molecular complexity index is 476. The summed E-state index contributed by atoms with van der Waals surface area (Å²) in [6.45, 7) is 0. The van der Waals surface area contributed by atoms with Gasteiger partial charge in [-0.1, -0.05) is 11.6 Å². The zero-order valence-electron chi connectivity index (χ0n) is 8.44. The third-order valence-corrected chi connectivity index (χ3v) is 2.49. The molecule has 1 heterocycles. The molecule has 0 unspecified atom stereocenters. The van der Waals surface area contributed by atoms with Crippen molar-refractivity contribution in [3.8, 4) is 0 Å². The Morgan fingerprint density at radius 1 is 1.47 bits per heavy atom. The number of hydrogen-bond donors (Lipinski definition) is 1. The van der Waals surface area contributed by atoms with Gasteiger partial charge in [-0.05, 0) is 29.3 Å². The second kappa shape index (κ2) is 3.95. The normalized spacial score (nSPS) is 10.5. The number of hydrogen-bond acceptors (Lipinski definition) is 2. The molecule has 0 atom stereocenters. The Hall–Kier alpha value is -1.48. The molecule has 4 heteroatoms. The second-order valence-corrected chi connectivity index (χ2v) is 3.98. The molecule has 0 saturated carbocycles. The van der Waals surface area contributed by atoms with Crippen molar-refractivity contribution < 1.29 is 0 Å². The minimum Gasteiger partial charge on any atom is -0.398 e. The van der Waals surface area contributed by atoms with E-state index < -0.39 is 0 Å². The van der Waals surface area contributed by atoms with E-state index in [1.54, 1.807) is 10.7 Å². The van der Waals surface area contributed by atoms with Crippen molar-refractivity contribution in [1.29, 1.82) is 0 Å². The maximum Gasteiger partial charge on any atom is 0.0525 e. The van der Waals surface area contributed by atoms with Gasteiger partial charge in [-0.15, -0.1) is 0 Å². The Balaban J connectivity index is 2.27. The van der Waals surface area contributed by atoms with E-state index in [0.717, 1.165) is 23.2 Å². The number of halogens is 1. The average molecular weight is 222 g/mol. The van der Waals surface area contributed by atoms with Crippen LogP contribution in [0.5, 0.6) is 0 Å².